The van der Waals surface area contributed by atoms with E-state index in [0.29, 0.717) is 5.56 Å². The van der Waals surface area contributed by atoms with Gasteiger partial charge in [-0.2, -0.15) is 0 Å². The Balaban J connectivity index is 1.77. The summed E-state index contributed by atoms with van der Waals surface area (Å²) in [5.41, 5.74) is 1.49. The third kappa shape index (κ3) is 6.95. The molecule has 0 aliphatic carbocycles. The van der Waals surface area contributed by atoms with Crippen molar-refractivity contribution in [1.82, 2.24) is 10.6 Å². The lowest BCUT2D eigenvalue weighted by Crippen LogP contribution is -2.35. The summed E-state index contributed by atoms with van der Waals surface area (Å²) in [6.07, 6.45) is 1.69. The van der Waals surface area contributed by atoms with Crippen LogP contribution >= 0.6 is 22.6 Å². The van der Waals surface area contributed by atoms with Crippen LogP contribution in [0, 0.1) is 3.57 Å². The third-order valence-corrected chi connectivity index (χ3v) is 4.93. The Morgan fingerprint density at radius 2 is 1.71 bits per heavy atom. The fourth-order valence-corrected chi connectivity index (χ4v) is 3.25. The second-order valence-corrected chi connectivity index (χ2v) is 7.30. The van der Waals surface area contributed by atoms with E-state index in [1.165, 1.54) is 0 Å². The Labute approximate surface area is 178 Å². The predicted octanol–water partition coefficient (Wildman–Crippen LogP) is 3.22. The fourth-order valence-electron chi connectivity index (χ4n) is 2.62. The minimum atomic E-state index is -0.666. The average Bonchev–Trinajstić information content (AvgIpc) is 2.71. The second-order valence-electron chi connectivity index (χ2n) is 6.14. The van der Waals surface area contributed by atoms with Gasteiger partial charge in [0.1, 0.15) is 6.54 Å². The Bertz CT molecular complexity index is 811. The maximum Gasteiger partial charge on any atom is 0.325 e. The maximum absolute atomic E-state index is 12.1. The molecule has 2 amide bonds. The summed E-state index contributed by atoms with van der Waals surface area (Å²) >= 11 is 2.05. The van der Waals surface area contributed by atoms with Crippen LogP contribution in [0.2, 0.25) is 0 Å². The minimum Gasteiger partial charge on any atom is -0.454 e. The summed E-state index contributed by atoms with van der Waals surface area (Å²) in [6, 6.07) is 16.6. The second kappa shape index (κ2) is 11.4. The molecule has 1 unspecified atom stereocenters. The van der Waals surface area contributed by atoms with Crippen LogP contribution in [-0.2, 0) is 14.3 Å². The first-order chi connectivity index (χ1) is 13.5. The maximum atomic E-state index is 12.1. The van der Waals surface area contributed by atoms with Gasteiger partial charge in [0, 0.05) is 3.57 Å². The smallest absolute Gasteiger partial charge is 0.325 e. The van der Waals surface area contributed by atoms with Crippen LogP contribution in [0.1, 0.15) is 41.7 Å². The van der Waals surface area contributed by atoms with E-state index in [4.69, 9.17) is 4.74 Å². The lowest BCUT2D eigenvalue weighted by Gasteiger charge is -2.18. The molecule has 7 heteroatoms. The van der Waals surface area contributed by atoms with Gasteiger partial charge in [0.05, 0.1) is 11.6 Å². The summed E-state index contributed by atoms with van der Waals surface area (Å²) in [7, 11) is 0. The Kier molecular flexibility index (Phi) is 8.93. The standard InChI is InChI=1S/C21H23IN2O4/c1-2-8-18(15-9-4-3-5-10-15)24-19(25)14-28-20(26)13-23-21(27)16-11-6-7-12-17(16)22/h3-7,9-12,18H,2,8,13-14H2,1H3,(H,23,27)(H,24,25). The molecule has 0 radical (unpaired) electrons. The molecule has 0 spiro atoms. The van der Waals surface area contributed by atoms with Gasteiger partial charge in [-0.05, 0) is 46.7 Å². The number of hydrogen-bond donors (Lipinski definition) is 2. The van der Waals surface area contributed by atoms with E-state index in [1.54, 1.807) is 18.2 Å². The van der Waals surface area contributed by atoms with Crippen LogP contribution < -0.4 is 10.6 Å². The zero-order chi connectivity index (χ0) is 20.4. The Morgan fingerprint density at radius 1 is 1.04 bits per heavy atom. The molecule has 0 aliphatic rings. The molecule has 0 aromatic heterocycles. The highest BCUT2D eigenvalue weighted by Gasteiger charge is 2.16. The largest absolute Gasteiger partial charge is 0.454 e. The van der Waals surface area contributed by atoms with Crippen molar-refractivity contribution in [2.45, 2.75) is 25.8 Å². The van der Waals surface area contributed by atoms with Crippen molar-refractivity contribution in [3.05, 3.63) is 69.3 Å². The molecule has 0 bridgehead atoms. The molecule has 2 rings (SSSR count). The van der Waals surface area contributed by atoms with Gasteiger partial charge in [-0.1, -0.05) is 55.8 Å². The van der Waals surface area contributed by atoms with Crippen molar-refractivity contribution in [2.75, 3.05) is 13.2 Å². The number of benzene rings is 2. The van der Waals surface area contributed by atoms with Gasteiger partial charge >= 0.3 is 5.97 Å². The van der Waals surface area contributed by atoms with Gasteiger partial charge in [-0.25, -0.2) is 0 Å². The van der Waals surface area contributed by atoms with Gasteiger partial charge in [0.2, 0.25) is 0 Å². The van der Waals surface area contributed by atoms with Crippen LogP contribution in [0.25, 0.3) is 0 Å². The topological polar surface area (TPSA) is 84.5 Å². The number of carbonyl (C=O) groups is 3. The summed E-state index contributed by atoms with van der Waals surface area (Å²) in [5, 5.41) is 5.38. The van der Waals surface area contributed by atoms with Crippen molar-refractivity contribution >= 4 is 40.4 Å². The molecule has 28 heavy (non-hydrogen) atoms. The molecule has 0 heterocycles. The molecule has 0 saturated carbocycles. The van der Waals surface area contributed by atoms with Gasteiger partial charge in [0.15, 0.2) is 6.61 Å². The molecule has 2 aromatic rings. The molecule has 2 aromatic carbocycles. The number of halogens is 1. The van der Waals surface area contributed by atoms with Crippen molar-refractivity contribution in [1.29, 1.82) is 0 Å². The van der Waals surface area contributed by atoms with Crippen molar-refractivity contribution < 1.29 is 19.1 Å². The highest BCUT2D eigenvalue weighted by molar-refractivity contribution is 14.1. The first-order valence-electron chi connectivity index (χ1n) is 9.04. The summed E-state index contributed by atoms with van der Waals surface area (Å²) in [5.74, 6) is -1.40. The third-order valence-electron chi connectivity index (χ3n) is 3.99. The number of nitrogens with one attached hydrogen (secondary N) is 2. The van der Waals surface area contributed by atoms with Gasteiger partial charge < -0.3 is 15.4 Å². The number of esters is 1. The van der Waals surface area contributed by atoms with E-state index in [9.17, 15) is 14.4 Å². The van der Waals surface area contributed by atoms with Crippen LogP contribution in [0.5, 0.6) is 0 Å². The SMILES string of the molecule is CCCC(NC(=O)COC(=O)CNC(=O)c1ccccc1I)c1ccccc1. The molecule has 148 valence electrons. The van der Waals surface area contributed by atoms with Crippen LogP contribution in [0.4, 0.5) is 0 Å². The van der Waals surface area contributed by atoms with E-state index in [2.05, 4.69) is 33.2 Å². The molecule has 2 N–H and O–H groups in total. The average molecular weight is 494 g/mol. The number of amides is 2. The number of carbonyl (C=O) groups excluding carboxylic acids is 3. The molecule has 6 nitrogen and oxygen atoms in total. The van der Waals surface area contributed by atoms with E-state index in [0.717, 1.165) is 22.0 Å². The van der Waals surface area contributed by atoms with E-state index < -0.39 is 5.97 Å². The number of rotatable bonds is 9. The van der Waals surface area contributed by atoms with Gasteiger partial charge in [0.25, 0.3) is 11.8 Å². The Hall–Kier alpha value is -2.42. The lowest BCUT2D eigenvalue weighted by atomic mass is 10.0. The minimum absolute atomic E-state index is 0.128. The van der Waals surface area contributed by atoms with Crippen molar-refractivity contribution in [3.8, 4) is 0 Å². The normalized spacial score (nSPS) is 11.4. The highest BCUT2D eigenvalue weighted by Crippen LogP contribution is 2.17. The summed E-state index contributed by atoms with van der Waals surface area (Å²) < 4.78 is 5.75. The van der Waals surface area contributed by atoms with E-state index in [-0.39, 0.29) is 31.0 Å². The highest BCUT2D eigenvalue weighted by atomic mass is 127. The molecule has 1 atom stereocenters. The predicted molar refractivity (Wildman–Crippen MR) is 115 cm³/mol. The fraction of sp³-hybridized carbons (Fsp3) is 0.286. The molecular formula is C21H23IN2O4. The summed E-state index contributed by atoms with van der Waals surface area (Å²) in [4.78, 5) is 36.0. The van der Waals surface area contributed by atoms with Crippen molar-refractivity contribution in [3.63, 3.8) is 0 Å². The molecule has 0 saturated heterocycles. The number of hydrogen-bond acceptors (Lipinski definition) is 4. The molecule has 0 fully saturated rings. The first kappa shape index (κ1) is 21.9. The van der Waals surface area contributed by atoms with Crippen LogP contribution in [0.15, 0.2) is 54.6 Å². The summed E-state index contributed by atoms with van der Waals surface area (Å²) in [6.45, 7) is 1.36. The van der Waals surface area contributed by atoms with Crippen LogP contribution in [-0.4, -0.2) is 30.9 Å². The lowest BCUT2D eigenvalue weighted by molar-refractivity contribution is -0.147. The molecule has 0 aliphatic heterocycles. The van der Waals surface area contributed by atoms with Crippen LogP contribution in [0.3, 0.4) is 0 Å². The van der Waals surface area contributed by atoms with Gasteiger partial charge in [-0.3, -0.25) is 14.4 Å². The quantitative estimate of drug-likeness (QED) is 0.414. The Morgan fingerprint density at radius 3 is 2.39 bits per heavy atom. The van der Waals surface area contributed by atoms with Crippen molar-refractivity contribution in [2.24, 2.45) is 0 Å². The zero-order valence-electron chi connectivity index (χ0n) is 15.6. The van der Waals surface area contributed by atoms with Gasteiger partial charge in [-0.15, -0.1) is 0 Å². The molecular weight excluding hydrogens is 471 g/mol. The zero-order valence-corrected chi connectivity index (χ0v) is 17.8. The van der Waals surface area contributed by atoms with E-state index >= 15 is 0 Å². The number of ether oxygens (including phenoxy) is 1. The monoisotopic (exact) mass is 494 g/mol. The van der Waals surface area contributed by atoms with E-state index in [1.807, 2.05) is 43.3 Å². The first-order valence-corrected chi connectivity index (χ1v) is 10.1.